The first-order valence-corrected chi connectivity index (χ1v) is 9.68. The van der Waals surface area contributed by atoms with Crippen molar-refractivity contribution in [3.8, 4) is 0 Å². The monoisotopic (exact) mass is 315 g/mol. The van der Waals surface area contributed by atoms with Gasteiger partial charge >= 0.3 is 0 Å². The molecule has 1 aromatic rings. The summed E-state index contributed by atoms with van der Waals surface area (Å²) < 4.78 is 32.1. The van der Waals surface area contributed by atoms with Crippen molar-refractivity contribution in [3.05, 3.63) is 21.4 Å². The van der Waals surface area contributed by atoms with Gasteiger partial charge in [-0.3, -0.25) is 0 Å². The third-order valence-corrected chi connectivity index (χ3v) is 7.11. The fourth-order valence-corrected chi connectivity index (χ4v) is 5.43. The van der Waals surface area contributed by atoms with E-state index in [-0.39, 0.29) is 5.25 Å². The van der Waals surface area contributed by atoms with Crippen LogP contribution in [0.4, 0.5) is 0 Å². The number of fused-ring (bicyclic) bond motifs is 1. The maximum Gasteiger partial charge on any atom is 0.217 e. The van der Waals surface area contributed by atoms with Gasteiger partial charge in [0, 0.05) is 22.9 Å². The van der Waals surface area contributed by atoms with Gasteiger partial charge in [0.15, 0.2) is 0 Å². The zero-order valence-electron chi connectivity index (χ0n) is 11.6. The average molecular weight is 315 g/mol. The Kier molecular flexibility index (Phi) is 4.45. The molecule has 2 heterocycles. The second-order valence-electron chi connectivity index (χ2n) is 5.57. The highest BCUT2D eigenvalue weighted by atomic mass is 32.2. The van der Waals surface area contributed by atoms with Crippen molar-refractivity contribution in [1.82, 2.24) is 4.72 Å². The molecule has 1 saturated heterocycles. The van der Waals surface area contributed by atoms with Gasteiger partial charge in [0.25, 0.3) is 0 Å². The van der Waals surface area contributed by atoms with Crippen LogP contribution in [-0.4, -0.2) is 26.9 Å². The molecule has 0 radical (unpaired) electrons. The largest absolute Gasteiger partial charge is 0.380 e. The third-order valence-electron chi connectivity index (χ3n) is 4.07. The van der Waals surface area contributed by atoms with Crippen LogP contribution < -0.4 is 4.72 Å². The first kappa shape index (κ1) is 14.5. The van der Waals surface area contributed by atoms with Gasteiger partial charge in [-0.15, -0.1) is 11.3 Å². The van der Waals surface area contributed by atoms with Gasteiger partial charge in [-0.05, 0) is 43.7 Å². The van der Waals surface area contributed by atoms with Gasteiger partial charge in [0.05, 0.1) is 6.61 Å². The molecule has 0 amide bonds. The maximum atomic E-state index is 12.1. The topological polar surface area (TPSA) is 55.4 Å². The lowest BCUT2D eigenvalue weighted by Gasteiger charge is -2.10. The number of aryl methyl sites for hydroxylation is 2. The summed E-state index contributed by atoms with van der Waals surface area (Å²) in [4.78, 5) is 2.60. The fourth-order valence-electron chi connectivity index (χ4n) is 2.86. The molecule has 0 spiro atoms. The molecule has 0 unspecified atom stereocenters. The Bertz CT molecular complexity index is 535. The van der Waals surface area contributed by atoms with Crippen LogP contribution in [0.5, 0.6) is 0 Å². The normalized spacial score (nSPS) is 23.5. The summed E-state index contributed by atoms with van der Waals surface area (Å²) >= 11 is 1.77. The molecule has 0 bridgehead atoms. The summed E-state index contributed by atoms with van der Waals surface area (Å²) in [5.41, 5.74) is 1.44. The van der Waals surface area contributed by atoms with Crippen molar-refractivity contribution >= 4 is 21.4 Å². The number of sulfonamides is 1. The first-order valence-electron chi connectivity index (χ1n) is 7.32. The van der Waals surface area contributed by atoms with Crippen molar-refractivity contribution in [2.75, 3.05) is 13.2 Å². The summed E-state index contributed by atoms with van der Waals surface area (Å²) in [7, 11) is -3.24. The summed E-state index contributed by atoms with van der Waals surface area (Å²) in [5, 5.41) is -0.375. The van der Waals surface area contributed by atoms with E-state index in [4.69, 9.17) is 4.74 Å². The zero-order valence-corrected chi connectivity index (χ0v) is 13.2. The number of hydrogen-bond donors (Lipinski definition) is 1. The molecule has 1 N–H and O–H groups in total. The van der Waals surface area contributed by atoms with Crippen molar-refractivity contribution in [2.45, 2.75) is 50.3 Å². The quantitative estimate of drug-likeness (QED) is 0.867. The zero-order chi connectivity index (χ0) is 14.0. The standard InChI is InChI=1S/C14H21NO3S2/c16-20(17,13-6-7-18-10-13)15-9-12-8-11-4-2-1-3-5-14(11)19-12/h8,13,15H,1-7,9-10H2/t13-/m0/s1. The highest BCUT2D eigenvalue weighted by Gasteiger charge is 2.29. The summed E-state index contributed by atoms with van der Waals surface area (Å²) in [6, 6.07) is 2.19. The van der Waals surface area contributed by atoms with Gasteiger partial charge in [0.1, 0.15) is 5.25 Å². The summed E-state index contributed by atoms with van der Waals surface area (Å²) in [6.07, 6.45) is 6.74. The van der Waals surface area contributed by atoms with Gasteiger partial charge in [-0.25, -0.2) is 13.1 Å². The molecule has 1 aromatic heterocycles. The summed E-state index contributed by atoms with van der Waals surface area (Å²) in [5.74, 6) is 0. The van der Waals surface area contributed by atoms with Crippen molar-refractivity contribution < 1.29 is 13.2 Å². The minimum Gasteiger partial charge on any atom is -0.380 e. The van der Waals surface area contributed by atoms with E-state index in [1.807, 2.05) is 0 Å². The lowest BCUT2D eigenvalue weighted by Crippen LogP contribution is -2.34. The molecule has 20 heavy (non-hydrogen) atoms. The van der Waals surface area contributed by atoms with Gasteiger partial charge in [0.2, 0.25) is 10.0 Å². The molecular weight excluding hydrogens is 294 g/mol. The van der Waals surface area contributed by atoms with Crippen molar-refractivity contribution in [3.63, 3.8) is 0 Å². The lowest BCUT2D eigenvalue weighted by molar-refractivity contribution is 0.198. The molecule has 4 nitrogen and oxygen atoms in total. The van der Waals surface area contributed by atoms with E-state index in [2.05, 4.69) is 10.8 Å². The van der Waals surface area contributed by atoms with Crippen LogP contribution in [0.25, 0.3) is 0 Å². The second-order valence-corrected chi connectivity index (χ2v) is 8.84. The van der Waals surface area contributed by atoms with Crippen molar-refractivity contribution in [2.24, 2.45) is 0 Å². The van der Waals surface area contributed by atoms with Crippen LogP contribution in [0.1, 0.15) is 41.0 Å². The van der Waals surface area contributed by atoms with E-state index in [9.17, 15) is 8.42 Å². The van der Waals surface area contributed by atoms with Gasteiger partial charge in [-0.1, -0.05) is 6.42 Å². The Morgan fingerprint density at radius 1 is 1.30 bits per heavy atom. The second kappa shape index (κ2) is 6.13. The number of thiophene rings is 1. The van der Waals surface area contributed by atoms with Crippen LogP contribution >= 0.6 is 11.3 Å². The van der Waals surface area contributed by atoms with Crippen LogP contribution in [0, 0.1) is 0 Å². The highest BCUT2D eigenvalue weighted by Crippen LogP contribution is 2.29. The molecule has 6 heteroatoms. The Labute approximate surface area is 124 Å². The highest BCUT2D eigenvalue weighted by molar-refractivity contribution is 7.90. The van der Waals surface area contributed by atoms with E-state index in [1.165, 1.54) is 29.7 Å². The van der Waals surface area contributed by atoms with E-state index in [0.717, 1.165) is 17.7 Å². The lowest BCUT2D eigenvalue weighted by atomic mass is 10.1. The number of hydrogen-bond acceptors (Lipinski definition) is 4. The molecule has 2 aliphatic rings. The average Bonchev–Trinajstić information content (AvgIpc) is 3.04. The summed E-state index contributed by atoms with van der Waals surface area (Å²) in [6.45, 7) is 1.31. The van der Waals surface area contributed by atoms with E-state index >= 15 is 0 Å². The fraction of sp³-hybridized carbons (Fsp3) is 0.714. The molecule has 0 aromatic carbocycles. The molecule has 1 fully saturated rings. The van der Waals surface area contributed by atoms with Gasteiger partial charge < -0.3 is 4.74 Å². The van der Waals surface area contributed by atoms with Crippen LogP contribution in [0.2, 0.25) is 0 Å². The minimum atomic E-state index is -3.24. The Hall–Kier alpha value is -0.430. The molecule has 1 aliphatic carbocycles. The molecule has 1 aliphatic heterocycles. The smallest absolute Gasteiger partial charge is 0.217 e. The van der Waals surface area contributed by atoms with Gasteiger partial charge in [-0.2, -0.15) is 0 Å². The third kappa shape index (κ3) is 3.24. The Morgan fingerprint density at radius 3 is 2.95 bits per heavy atom. The number of rotatable bonds is 4. The molecular formula is C14H21NO3S2. The van der Waals surface area contributed by atoms with Crippen LogP contribution in [-0.2, 0) is 34.1 Å². The number of nitrogens with one attached hydrogen (secondary N) is 1. The van der Waals surface area contributed by atoms with E-state index in [0.29, 0.717) is 26.2 Å². The molecule has 0 saturated carbocycles. The predicted octanol–water partition coefficient (Wildman–Crippen LogP) is 2.23. The SMILES string of the molecule is O=S(=O)(NCc1cc2c(s1)CCCCC2)[C@H]1CCOC1. The van der Waals surface area contributed by atoms with Crippen LogP contribution in [0.15, 0.2) is 6.07 Å². The first-order chi connectivity index (χ1) is 9.65. The minimum absolute atomic E-state index is 0.330. The maximum absolute atomic E-state index is 12.1. The number of ether oxygens (including phenoxy) is 1. The predicted molar refractivity (Wildman–Crippen MR) is 80.6 cm³/mol. The molecule has 3 rings (SSSR count). The van der Waals surface area contributed by atoms with Crippen molar-refractivity contribution in [1.29, 1.82) is 0 Å². The Balaban J connectivity index is 1.63. The van der Waals surface area contributed by atoms with E-state index in [1.54, 1.807) is 11.3 Å². The van der Waals surface area contributed by atoms with Crippen LogP contribution in [0.3, 0.4) is 0 Å². The Morgan fingerprint density at radius 2 is 2.15 bits per heavy atom. The van der Waals surface area contributed by atoms with E-state index < -0.39 is 10.0 Å². The molecule has 112 valence electrons. The molecule has 1 atom stereocenters.